The first-order valence-corrected chi connectivity index (χ1v) is 10.6. The van der Waals surface area contributed by atoms with Crippen molar-refractivity contribution in [2.45, 2.75) is 17.4 Å². The Morgan fingerprint density at radius 3 is 2.89 bits per heavy atom. The number of halogens is 1. The van der Waals surface area contributed by atoms with Gasteiger partial charge in [-0.05, 0) is 30.7 Å². The standard InChI is InChI=1S/C19H24ClN5OS/c1-21-19(23-11-13-27(26)16-6-3-2-4-7-16)24-15-9-12-25(14-15)18-17(20)8-5-10-22-18/h2-8,10,15H,9,11-14H2,1H3,(H2,21,23,24). The van der Waals surface area contributed by atoms with Crippen LogP contribution >= 0.6 is 11.6 Å². The summed E-state index contributed by atoms with van der Waals surface area (Å²) in [6.07, 6.45) is 2.73. The maximum Gasteiger partial charge on any atom is 0.191 e. The van der Waals surface area contributed by atoms with Crippen LogP contribution in [0, 0.1) is 0 Å². The van der Waals surface area contributed by atoms with E-state index in [1.807, 2.05) is 42.5 Å². The molecule has 144 valence electrons. The second-order valence-electron chi connectivity index (χ2n) is 6.25. The molecule has 2 unspecified atom stereocenters. The number of hydrogen-bond donors (Lipinski definition) is 2. The second kappa shape index (κ2) is 9.71. The summed E-state index contributed by atoms with van der Waals surface area (Å²) in [5, 5.41) is 7.34. The lowest BCUT2D eigenvalue weighted by Gasteiger charge is -2.20. The number of nitrogens with zero attached hydrogens (tertiary/aromatic N) is 3. The van der Waals surface area contributed by atoms with Crippen LogP contribution in [0.25, 0.3) is 0 Å². The summed E-state index contributed by atoms with van der Waals surface area (Å²) in [4.78, 5) is 11.7. The van der Waals surface area contributed by atoms with Gasteiger partial charge in [-0.1, -0.05) is 29.8 Å². The Kier molecular flexibility index (Phi) is 7.06. The zero-order valence-electron chi connectivity index (χ0n) is 15.3. The molecule has 1 aromatic heterocycles. The third kappa shape index (κ3) is 5.43. The predicted molar refractivity (Wildman–Crippen MR) is 112 cm³/mol. The zero-order chi connectivity index (χ0) is 19.1. The molecule has 0 aliphatic carbocycles. The van der Waals surface area contributed by atoms with E-state index >= 15 is 0 Å². The Balaban J connectivity index is 1.46. The molecule has 2 aromatic rings. The Hall–Kier alpha value is -2.12. The lowest BCUT2D eigenvalue weighted by atomic mass is 10.3. The van der Waals surface area contributed by atoms with E-state index in [1.165, 1.54) is 0 Å². The third-order valence-corrected chi connectivity index (χ3v) is 6.05. The van der Waals surface area contributed by atoms with Crippen molar-refractivity contribution < 1.29 is 4.21 Å². The van der Waals surface area contributed by atoms with E-state index in [1.54, 1.807) is 13.2 Å². The van der Waals surface area contributed by atoms with Gasteiger partial charge in [0, 0.05) is 49.6 Å². The van der Waals surface area contributed by atoms with E-state index < -0.39 is 10.8 Å². The number of hydrogen-bond acceptors (Lipinski definition) is 4. The molecule has 0 saturated carbocycles. The number of benzene rings is 1. The fourth-order valence-electron chi connectivity index (χ4n) is 3.02. The average molecular weight is 406 g/mol. The first-order valence-electron chi connectivity index (χ1n) is 8.93. The van der Waals surface area contributed by atoms with Gasteiger partial charge in [0.05, 0.1) is 15.8 Å². The van der Waals surface area contributed by atoms with E-state index in [4.69, 9.17) is 11.6 Å². The number of rotatable bonds is 6. The largest absolute Gasteiger partial charge is 0.355 e. The SMILES string of the molecule is CN=C(NCCS(=O)c1ccccc1)NC1CCN(c2ncccc2Cl)C1. The molecule has 2 N–H and O–H groups in total. The number of anilines is 1. The van der Waals surface area contributed by atoms with Crippen LogP contribution in [0.5, 0.6) is 0 Å². The summed E-state index contributed by atoms with van der Waals surface area (Å²) < 4.78 is 12.3. The fraction of sp³-hybridized carbons (Fsp3) is 0.368. The van der Waals surface area contributed by atoms with Crippen molar-refractivity contribution >= 4 is 34.2 Å². The van der Waals surface area contributed by atoms with Gasteiger partial charge in [0.25, 0.3) is 0 Å². The van der Waals surface area contributed by atoms with Crippen molar-refractivity contribution in [1.29, 1.82) is 0 Å². The van der Waals surface area contributed by atoms with Crippen LogP contribution < -0.4 is 15.5 Å². The van der Waals surface area contributed by atoms with E-state index in [9.17, 15) is 4.21 Å². The summed E-state index contributed by atoms with van der Waals surface area (Å²) in [6.45, 7) is 2.29. The minimum atomic E-state index is -1.02. The molecule has 0 spiro atoms. The van der Waals surface area contributed by atoms with Gasteiger partial charge in [0.15, 0.2) is 5.96 Å². The van der Waals surface area contributed by atoms with E-state index in [2.05, 4.69) is 25.5 Å². The van der Waals surface area contributed by atoms with Crippen molar-refractivity contribution in [2.75, 3.05) is 37.3 Å². The topological polar surface area (TPSA) is 69.6 Å². The lowest BCUT2D eigenvalue weighted by molar-refractivity contribution is 0.650. The second-order valence-corrected chi connectivity index (χ2v) is 8.22. The molecule has 1 aromatic carbocycles. The summed E-state index contributed by atoms with van der Waals surface area (Å²) >= 11 is 6.24. The number of guanidine groups is 1. The van der Waals surface area contributed by atoms with E-state index in [0.29, 0.717) is 17.3 Å². The van der Waals surface area contributed by atoms with Crippen LogP contribution in [0.3, 0.4) is 0 Å². The molecule has 0 amide bonds. The van der Waals surface area contributed by atoms with Crippen molar-refractivity contribution in [2.24, 2.45) is 4.99 Å². The molecule has 2 heterocycles. The van der Waals surface area contributed by atoms with Gasteiger partial charge < -0.3 is 15.5 Å². The van der Waals surface area contributed by atoms with Gasteiger partial charge in [-0.3, -0.25) is 9.20 Å². The van der Waals surface area contributed by atoms with Gasteiger partial charge in [-0.15, -0.1) is 0 Å². The van der Waals surface area contributed by atoms with Crippen molar-refractivity contribution in [3.05, 3.63) is 53.7 Å². The highest BCUT2D eigenvalue weighted by molar-refractivity contribution is 7.85. The molecule has 0 radical (unpaired) electrons. The minimum Gasteiger partial charge on any atom is -0.355 e. The highest BCUT2D eigenvalue weighted by atomic mass is 35.5. The molecule has 3 rings (SSSR count). The minimum absolute atomic E-state index is 0.258. The van der Waals surface area contributed by atoms with Gasteiger partial charge in [0.1, 0.15) is 5.82 Å². The molecular weight excluding hydrogens is 382 g/mol. The third-order valence-electron chi connectivity index (χ3n) is 4.38. The van der Waals surface area contributed by atoms with Gasteiger partial charge >= 0.3 is 0 Å². The normalized spacial score (nSPS) is 18.4. The smallest absolute Gasteiger partial charge is 0.191 e. The van der Waals surface area contributed by atoms with Gasteiger partial charge in [-0.2, -0.15) is 0 Å². The summed E-state index contributed by atoms with van der Waals surface area (Å²) in [7, 11) is 0.726. The maximum atomic E-state index is 12.3. The lowest BCUT2D eigenvalue weighted by Crippen LogP contribution is -2.45. The summed E-state index contributed by atoms with van der Waals surface area (Å²) in [5.41, 5.74) is 0. The highest BCUT2D eigenvalue weighted by Gasteiger charge is 2.25. The van der Waals surface area contributed by atoms with Crippen molar-refractivity contribution in [3.8, 4) is 0 Å². The van der Waals surface area contributed by atoms with Crippen LogP contribution in [0.4, 0.5) is 5.82 Å². The van der Waals surface area contributed by atoms with Gasteiger partial charge in [-0.25, -0.2) is 4.98 Å². The molecule has 1 aliphatic heterocycles. The Labute approximate surface area is 167 Å². The van der Waals surface area contributed by atoms with Crippen molar-refractivity contribution in [3.63, 3.8) is 0 Å². The zero-order valence-corrected chi connectivity index (χ0v) is 16.8. The van der Waals surface area contributed by atoms with E-state index in [-0.39, 0.29) is 6.04 Å². The summed E-state index contributed by atoms with van der Waals surface area (Å²) in [5.74, 6) is 2.08. The first kappa shape index (κ1) is 19.6. The Bertz CT molecular complexity index is 802. The highest BCUT2D eigenvalue weighted by Crippen LogP contribution is 2.25. The molecule has 0 bridgehead atoms. The number of aromatic nitrogens is 1. The molecule has 1 saturated heterocycles. The Morgan fingerprint density at radius 1 is 1.33 bits per heavy atom. The monoisotopic (exact) mass is 405 g/mol. The quantitative estimate of drug-likeness (QED) is 0.570. The van der Waals surface area contributed by atoms with Crippen molar-refractivity contribution in [1.82, 2.24) is 15.6 Å². The van der Waals surface area contributed by atoms with Crippen LogP contribution in [0.2, 0.25) is 5.02 Å². The molecular formula is C19H24ClN5OS. The van der Waals surface area contributed by atoms with Crippen LogP contribution in [0.15, 0.2) is 58.5 Å². The van der Waals surface area contributed by atoms with E-state index in [0.717, 1.165) is 36.2 Å². The Morgan fingerprint density at radius 2 is 2.15 bits per heavy atom. The number of aliphatic imine (C=N–C) groups is 1. The summed E-state index contributed by atoms with van der Waals surface area (Å²) in [6, 6.07) is 13.5. The fourth-order valence-corrected chi connectivity index (χ4v) is 4.25. The predicted octanol–water partition coefficient (Wildman–Crippen LogP) is 2.29. The molecule has 1 fully saturated rings. The molecule has 6 nitrogen and oxygen atoms in total. The van der Waals surface area contributed by atoms with Crippen LogP contribution in [-0.2, 0) is 10.8 Å². The van der Waals surface area contributed by atoms with Crippen LogP contribution in [-0.4, -0.2) is 53.6 Å². The maximum absolute atomic E-state index is 12.3. The average Bonchev–Trinajstić information content (AvgIpc) is 3.16. The number of pyridine rings is 1. The molecule has 1 aliphatic rings. The molecule has 8 heteroatoms. The van der Waals surface area contributed by atoms with Crippen LogP contribution in [0.1, 0.15) is 6.42 Å². The number of nitrogens with one attached hydrogen (secondary N) is 2. The first-order chi connectivity index (χ1) is 13.2. The molecule has 27 heavy (non-hydrogen) atoms. The molecule has 2 atom stereocenters. The van der Waals surface area contributed by atoms with Gasteiger partial charge in [0.2, 0.25) is 0 Å².